The maximum Gasteiger partial charge on any atom is 0.320 e. The van der Waals surface area contributed by atoms with Crippen LogP contribution in [-0.4, -0.2) is 53.1 Å². The van der Waals surface area contributed by atoms with Gasteiger partial charge in [0, 0.05) is 26.2 Å². The van der Waals surface area contributed by atoms with Crippen molar-refractivity contribution in [2.45, 2.75) is 26.4 Å². The number of nitrogens with zero attached hydrogens (tertiary/aromatic N) is 2. The minimum absolute atomic E-state index is 0.391. The van der Waals surface area contributed by atoms with Crippen LogP contribution < -0.4 is 0 Å². The van der Waals surface area contributed by atoms with E-state index in [1.807, 2.05) is 17.9 Å². The summed E-state index contributed by atoms with van der Waals surface area (Å²) >= 11 is 0. The van der Waals surface area contributed by atoms with Crippen LogP contribution in [0.2, 0.25) is 0 Å². The molecule has 18 heavy (non-hydrogen) atoms. The molecule has 1 saturated heterocycles. The van der Waals surface area contributed by atoms with Crippen LogP contribution in [0, 0.1) is 6.92 Å². The lowest BCUT2D eigenvalue weighted by Crippen LogP contribution is -2.51. The first-order chi connectivity index (χ1) is 8.58. The standard InChI is InChI=1S/C13H20N2O3/c1-10-3-8-18-12(10)9-14-4-6-15(7-5-14)11(2)13(16)17/h3,8,11H,4-7,9H2,1-2H3,(H,16,17). The Morgan fingerprint density at radius 1 is 1.44 bits per heavy atom. The highest BCUT2D eigenvalue weighted by atomic mass is 16.4. The van der Waals surface area contributed by atoms with Crippen LogP contribution in [0.1, 0.15) is 18.2 Å². The summed E-state index contributed by atoms with van der Waals surface area (Å²) in [6.07, 6.45) is 1.72. The van der Waals surface area contributed by atoms with Gasteiger partial charge in [-0.1, -0.05) is 0 Å². The molecule has 0 bridgehead atoms. The molecule has 100 valence electrons. The number of carboxylic acid groups (broad SMARTS) is 1. The van der Waals surface area contributed by atoms with Crippen molar-refractivity contribution in [3.05, 3.63) is 23.7 Å². The van der Waals surface area contributed by atoms with Gasteiger partial charge in [-0.05, 0) is 25.5 Å². The van der Waals surface area contributed by atoms with Crippen molar-refractivity contribution in [2.24, 2.45) is 0 Å². The number of carboxylic acids is 1. The number of aryl methyl sites for hydroxylation is 1. The summed E-state index contributed by atoms with van der Waals surface area (Å²) in [4.78, 5) is 15.2. The first-order valence-corrected chi connectivity index (χ1v) is 6.30. The molecule has 0 saturated carbocycles. The van der Waals surface area contributed by atoms with Crippen LogP contribution in [0.15, 0.2) is 16.7 Å². The predicted molar refractivity (Wildman–Crippen MR) is 67.4 cm³/mol. The van der Waals surface area contributed by atoms with Crippen molar-refractivity contribution in [1.29, 1.82) is 0 Å². The number of piperazine rings is 1. The molecule has 1 aliphatic heterocycles. The highest BCUT2D eigenvalue weighted by molar-refractivity contribution is 5.72. The molecule has 1 aromatic heterocycles. The second kappa shape index (κ2) is 5.54. The van der Waals surface area contributed by atoms with Crippen LogP contribution in [0.5, 0.6) is 0 Å². The van der Waals surface area contributed by atoms with E-state index in [0.717, 1.165) is 38.5 Å². The van der Waals surface area contributed by atoms with Crippen LogP contribution >= 0.6 is 0 Å². The van der Waals surface area contributed by atoms with E-state index in [4.69, 9.17) is 9.52 Å². The van der Waals surface area contributed by atoms with Gasteiger partial charge >= 0.3 is 5.97 Å². The molecular weight excluding hydrogens is 232 g/mol. The molecule has 1 aromatic rings. The van der Waals surface area contributed by atoms with Crippen LogP contribution in [0.3, 0.4) is 0 Å². The molecule has 1 aliphatic rings. The molecule has 1 N–H and O–H groups in total. The van der Waals surface area contributed by atoms with Crippen molar-refractivity contribution < 1.29 is 14.3 Å². The minimum Gasteiger partial charge on any atom is -0.480 e. The van der Waals surface area contributed by atoms with Gasteiger partial charge in [0.2, 0.25) is 0 Å². The number of rotatable bonds is 4. The van der Waals surface area contributed by atoms with E-state index in [2.05, 4.69) is 4.90 Å². The van der Waals surface area contributed by atoms with Crippen LogP contribution in [0.25, 0.3) is 0 Å². The second-order valence-electron chi connectivity index (χ2n) is 4.85. The summed E-state index contributed by atoms with van der Waals surface area (Å²) in [5.74, 6) is 0.264. The highest BCUT2D eigenvalue weighted by Gasteiger charge is 2.25. The Kier molecular flexibility index (Phi) is 4.04. The Labute approximate surface area is 107 Å². The van der Waals surface area contributed by atoms with Crippen molar-refractivity contribution in [3.63, 3.8) is 0 Å². The maximum atomic E-state index is 10.9. The fourth-order valence-corrected chi connectivity index (χ4v) is 2.23. The monoisotopic (exact) mass is 252 g/mol. The smallest absolute Gasteiger partial charge is 0.320 e. The molecule has 0 aromatic carbocycles. The molecule has 0 aliphatic carbocycles. The van der Waals surface area contributed by atoms with Gasteiger partial charge in [0.05, 0.1) is 12.8 Å². The van der Waals surface area contributed by atoms with E-state index >= 15 is 0 Å². The lowest BCUT2D eigenvalue weighted by molar-refractivity contribution is -0.143. The lowest BCUT2D eigenvalue weighted by atomic mass is 10.2. The molecule has 2 heterocycles. The number of hydrogen-bond acceptors (Lipinski definition) is 4. The average Bonchev–Trinajstić information content (AvgIpc) is 2.75. The van der Waals surface area contributed by atoms with Gasteiger partial charge in [-0.15, -0.1) is 0 Å². The quantitative estimate of drug-likeness (QED) is 0.872. The zero-order valence-electron chi connectivity index (χ0n) is 10.9. The average molecular weight is 252 g/mol. The Morgan fingerprint density at radius 3 is 2.61 bits per heavy atom. The summed E-state index contributed by atoms with van der Waals surface area (Å²) < 4.78 is 5.43. The Bertz CT molecular complexity index is 408. The van der Waals surface area contributed by atoms with Crippen molar-refractivity contribution in [1.82, 2.24) is 9.80 Å². The Morgan fingerprint density at radius 2 is 2.11 bits per heavy atom. The maximum absolute atomic E-state index is 10.9. The van der Waals surface area contributed by atoms with Gasteiger partial charge in [-0.3, -0.25) is 14.6 Å². The molecule has 2 rings (SSSR count). The predicted octanol–water partition coefficient (Wildman–Crippen LogP) is 1.18. The van der Waals surface area contributed by atoms with Gasteiger partial charge in [0.1, 0.15) is 11.8 Å². The molecule has 1 unspecified atom stereocenters. The number of hydrogen-bond donors (Lipinski definition) is 1. The first-order valence-electron chi connectivity index (χ1n) is 6.30. The molecule has 5 heteroatoms. The van der Waals surface area contributed by atoms with E-state index in [9.17, 15) is 4.79 Å². The third-order valence-electron chi connectivity index (χ3n) is 3.65. The minimum atomic E-state index is -0.745. The fourth-order valence-electron chi connectivity index (χ4n) is 2.23. The summed E-state index contributed by atoms with van der Waals surface area (Å²) in [7, 11) is 0. The molecule has 0 amide bonds. The van der Waals surface area contributed by atoms with Gasteiger partial charge in [0.15, 0.2) is 0 Å². The molecule has 1 fully saturated rings. The van der Waals surface area contributed by atoms with E-state index in [-0.39, 0.29) is 0 Å². The van der Waals surface area contributed by atoms with Gasteiger partial charge in [-0.2, -0.15) is 0 Å². The third-order valence-corrected chi connectivity index (χ3v) is 3.65. The fraction of sp³-hybridized carbons (Fsp3) is 0.615. The van der Waals surface area contributed by atoms with E-state index in [1.54, 1.807) is 13.2 Å². The number of furan rings is 1. The Balaban J connectivity index is 1.84. The summed E-state index contributed by atoms with van der Waals surface area (Å²) in [5, 5.41) is 8.97. The first kappa shape index (κ1) is 13.1. The van der Waals surface area contributed by atoms with Crippen LogP contribution in [0.4, 0.5) is 0 Å². The van der Waals surface area contributed by atoms with E-state index < -0.39 is 12.0 Å². The lowest BCUT2D eigenvalue weighted by Gasteiger charge is -2.36. The van der Waals surface area contributed by atoms with Gasteiger partial charge in [0.25, 0.3) is 0 Å². The van der Waals surface area contributed by atoms with E-state index in [1.165, 1.54) is 5.56 Å². The molecular formula is C13H20N2O3. The molecule has 1 atom stereocenters. The number of carbonyl (C=O) groups is 1. The molecule has 0 spiro atoms. The molecule has 0 radical (unpaired) electrons. The number of aliphatic carboxylic acids is 1. The van der Waals surface area contributed by atoms with Crippen molar-refractivity contribution in [2.75, 3.05) is 26.2 Å². The third kappa shape index (κ3) is 2.91. The second-order valence-corrected chi connectivity index (χ2v) is 4.85. The van der Waals surface area contributed by atoms with Gasteiger partial charge in [-0.25, -0.2) is 0 Å². The largest absolute Gasteiger partial charge is 0.480 e. The molecule has 5 nitrogen and oxygen atoms in total. The summed E-state index contributed by atoms with van der Waals surface area (Å²) in [5.41, 5.74) is 1.18. The van der Waals surface area contributed by atoms with Crippen LogP contribution in [-0.2, 0) is 11.3 Å². The zero-order valence-corrected chi connectivity index (χ0v) is 10.9. The zero-order chi connectivity index (χ0) is 13.1. The van der Waals surface area contributed by atoms with Crippen molar-refractivity contribution in [3.8, 4) is 0 Å². The SMILES string of the molecule is Cc1ccoc1CN1CCN(C(C)C(=O)O)CC1. The van der Waals surface area contributed by atoms with Crippen molar-refractivity contribution >= 4 is 5.97 Å². The summed E-state index contributed by atoms with van der Waals surface area (Å²) in [6.45, 7) is 7.97. The topological polar surface area (TPSA) is 56.9 Å². The van der Waals surface area contributed by atoms with E-state index in [0.29, 0.717) is 0 Å². The van der Waals surface area contributed by atoms with Gasteiger partial charge < -0.3 is 9.52 Å². The Hall–Kier alpha value is -1.33. The normalized spacial score (nSPS) is 19.9. The highest BCUT2D eigenvalue weighted by Crippen LogP contribution is 2.14. The summed E-state index contributed by atoms with van der Waals surface area (Å²) in [6, 6.07) is 1.58.